The van der Waals surface area contributed by atoms with Crippen LogP contribution in [0.5, 0.6) is 5.75 Å². The van der Waals surface area contributed by atoms with Crippen molar-refractivity contribution in [3.8, 4) is 5.75 Å². The number of hydrogen-bond donors (Lipinski definition) is 1. The number of benzene rings is 2. The second-order valence-electron chi connectivity index (χ2n) is 7.83. The second kappa shape index (κ2) is 10.8. The van der Waals surface area contributed by atoms with E-state index in [0.29, 0.717) is 44.2 Å². The topological polar surface area (TPSA) is 99.3 Å². The number of carbonyl (C=O) groups excluding carboxylic acids is 2. The minimum absolute atomic E-state index is 0.0785. The van der Waals surface area contributed by atoms with Crippen molar-refractivity contribution in [1.82, 2.24) is 14.1 Å². The number of piperazine rings is 1. The Morgan fingerprint density at radius 1 is 1.06 bits per heavy atom. The molecule has 3 rings (SSSR count). The molecule has 0 atom stereocenters. The molecule has 33 heavy (non-hydrogen) atoms. The van der Waals surface area contributed by atoms with Crippen LogP contribution in [0.25, 0.3) is 0 Å². The van der Waals surface area contributed by atoms with Crippen molar-refractivity contribution in [2.24, 2.45) is 0 Å². The highest BCUT2D eigenvalue weighted by Crippen LogP contribution is 2.20. The molecule has 1 aliphatic rings. The molecule has 0 unspecified atom stereocenters. The average molecular weight is 475 g/mol. The second-order valence-corrected chi connectivity index (χ2v) is 9.77. The highest BCUT2D eigenvalue weighted by molar-refractivity contribution is 7.89. The van der Waals surface area contributed by atoms with Crippen molar-refractivity contribution >= 4 is 27.5 Å². The summed E-state index contributed by atoms with van der Waals surface area (Å²) in [4.78, 5) is 29.1. The number of amides is 2. The van der Waals surface area contributed by atoms with Crippen molar-refractivity contribution in [2.45, 2.75) is 11.8 Å². The predicted molar refractivity (Wildman–Crippen MR) is 126 cm³/mol. The molecular weight excluding hydrogens is 444 g/mol. The molecule has 1 fully saturated rings. The van der Waals surface area contributed by atoms with Crippen molar-refractivity contribution in [1.29, 1.82) is 0 Å². The fourth-order valence-electron chi connectivity index (χ4n) is 3.55. The summed E-state index contributed by atoms with van der Waals surface area (Å²) in [6.45, 7) is 4.02. The van der Waals surface area contributed by atoms with Gasteiger partial charge in [-0.25, -0.2) is 8.42 Å². The van der Waals surface area contributed by atoms with E-state index >= 15 is 0 Å². The maximum Gasteiger partial charge on any atom is 0.254 e. The lowest BCUT2D eigenvalue weighted by Crippen LogP contribution is -2.47. The Morgan fingerprint density at radius 3 is 2.42 bits per heavy atom. The fraction of sp³-hybridized carbons (Fsp3) is 0.391. The number of nitrogens with zero attached hydrogens (tertiary/aromatic N) is 3. The number of sulfonamides is 1. The molecule has 2 aromatic carbocycles. The molecule has 178 valence electrons. The number of likely N-dealkylation sites (N-methyl/N-ethyl adjacent to an activating group) is 2. The Hall–Kier alpha value is -2.95. The summed E-state index contributed by atoms with van der Waals surface area (Å²) in [6.07, 6.45) is 0. The summed E-state index contributed by atoms with van der Waals surface area (Å²) in [5.74, 6) is -0.164. The molecule has 0 saturated carbocycles. The summed E-state index contributed by atoms with van der Waals surface area (Å²) in [5.41, 5.74) is 0.782. The number of anilines is 1. The fourth-order valence-corrected chi connectivity index (χ4v) is 5.02. The van der Waals surface area contributed by atoms with E-state index in [0.717, 1.165) is 0 Å². The van der Waals surface area contributed by atoms with Crippen LogP contribution in [-0.2, 0) is 14.8 Å². The molecule has 2 aromatic rings. The normalized spacial score (nSPS) is 15.1. The van der Waals surface area contributed by atoms with Gasteiger partial charge < -0.3 is 19.9 Å². The van der Waals surface area contributed by atoms with Gasteiger partial charge >= 0.3 is 0 Å². The average Bonchev–Trinajstić information content (AvgIpc) is 2.82. The maximum atomic E-state index is 13.1. The Labute approximate surface area is 195 Å². The maximum absolute atomic E-state index is 13.1. The molecule has 1 N–H and O–H groups in total. The lowest BCUT2D eigenvalue weighted by atomic mass is 10.2. The standard InChI is InChI=1S/C23H30N4O5S/c1-4-26(17-22(28)24-19-8-6-9-20(16-19)32-3)23(29)18-7-5-10-21(15-18)33(30,31)27-13-11-25(2)12-14-27/h5-10,15-16H,4,11-14,17H2,1-3H3,(H,24,28). The van der Waals surface area contributed by atoms with Crippen LogP contribution < -0.4 is 10.1 Å². The zero-order chi connectivity index (χ0) is 24.0. The van der Waals surface area contributed by atoms with Crippen LogP contribution in [0.4, 0.5) is 5.69 Å². The van der Waals surface area contributed by atoms with Crippen LogP contribution in [0.2, 0.25) is 0 Å². The van der Waals surface area contributed by atoms with Crippen LogP contribution in [0.1, 0.15) is 17.3 Å². The molecule has 1 heterocycles. The van der Waals surface area contributed by atoms with Gasteiger partial charge in [-0.05, 0) is 44.3 Å². The highest BCUT2D eigenvalue weighted by Gasteiger charge is 2.28. The van der Waals surface area contributed by atoms with Gasteiger partial charge in [0.1, 0.15) is 12.3 Å². The molecular formula is C23H30N4O5S. The Morgan fingerprint density at radius 2 is 1.76 bits per heavy atom. The Balaban J connectivity index is 1.71. The van der Waals surface area contributed by atoms with E-state index in [4.69, 9.17) is 4.74 Å². The van der Waals surface area contributed by atoms with Crippen LogP contribution in [0.15, 0.2) is 53.4 Å². The quantitative estimate of drug-likeness (QED) is 0.626. The van der Waals surface area contributed by atoms with Gasteiger partial charge in [-0.1, -0.05) is 12.1 Å². The minimum Gasteiger partial charge on any atom is -0.497 e. The molecule has 1 aliphatic heterocycles. The van der Waals surface area contributed by atoms with E-state index in [-0.39, 0.29) is 22.9 Å². The van der Waals surface area contributed by atoms with Gasteiger partial charge in [0.05, 0.1) is 12.0 Å². The molecule has 0 bridgehead atoms. The predicted octanol–water partition coefficient (Wildman–Crippen LogP) is 1.73. The van der Waals surface area contributed by atoms with Gasteiger partial charge in [-0.2, -0.15) is 4.31 Å². The smallest absolute Gasteiger partial charge is 0.254 e. The lowest BCUT2D eigenvalue weighted by molar-refractivity contribution is -0.116. The third-order valence-corrected chi connectivity index (χ3v) is 7.43. The molecule has 0 radical (unpaired) electrons. The highest BCUT2D eigenvalue weighted by atomic mass is 32.2. The van der Waals surface area contributed by atoms with Crippen LogP contribution in [-0.4, -0.2) is 87.8 Å². The largest absolute Gasteiger partial charge is 0.497 e. The number of hydrogen-bond acceptors (Lipinski definition) is 6. The monoisotopic (exact) mass is 474 g/mol. The van der Waals surface area contributed by atoms with Crippen LogP contribution >= 0.6 is 0 Å². The summed E-state index contributed by atoms with van der Waals surface area (Å²) < 4.78 is 32.7. The first-order valence-electron chi connectivity index (χ1n) is 10.8. The van der Waals surface area contributed by atoms with E-state index in [2.05, 4.69) is 10.2 Å². The summed E-state index contributed by atoms with van der Waals surface area (Å²) in [7, 11) is -0.210. The molecule has 0 spiro atoms. The Kier molecular flexibility index (Phi) is 8.06. The van der Waals surface area contributed by atoms with E-state index in [1.165, 1.54) is 28.4 Å². The molecule has 0 aliphatic carbocycles. The summed E-state index contributed by atoms with van der Waals surface area (Å²) >= 11 is 0. The third kappa shape index (κ3) is 6.10. The SMILES string of the molecule is CCN(CC(=O)Nc1cccc(OC)c1)C(=O)c1cccc(S(=O)(=O)N2CCN(C)CC2)c1. The third-order valence-electron chi connectivity index (χ3n) is 5.54. The van der Waals surface area contributed by atoms with Gasteiger partial charge in [0.15, 0.2) is 0 Å². The first kappa shape index (κ1) is 24.7. The van der Waals surface area contributed by atoms with Crippen LogP contribution in [0, 0.1) is 0 Å². The number of rotatable bonds is 8. The number of carbonyl (C=O) groups is 2. The van der Waals surface area contributed by atoms with Crippen LogP contribution in [0.3, 0.4) is 0 Å². The molecule has 9 nitrogen and oxygen atoms in total. The van der Waals surface area contributed by atoms with Crippen molar-refractivity contribution in [3.05, 3.63) is 54.1 Å². The van der Waals surface area contributed by atoms with Crippen molar-refractivity contribution in [3.63, 3.8) is 0 Å². The number of methoxy groups -OCH3 is 1. The zero-order valence-corrected chi connectivity index (χ0v) is 20.0. The number of nitrogens with one attached hydrogen (secondary N) is 1. The van der Waals surface area contributed by atoms with E-state index < -0.39 is 15.9 Å². The Bertz CT molecular complexity index is 1100. The molecule has 10 heteroatoms. The van der Waals surface area contributed by atoms with Gasteiger partial charge in [-0.15, -0.1) is 0 Å². The van der Waals surface area contributed by atoms with Crippen molar-refractivity contribution < 1.29 is 22.7 Å². The molecule has 1 saturated heterocycles. The number of ether oxygens (including phenoxy) is 1. The first-order valence-corrected chi connectivity index (χ1v) is 12.2. The van der Waals surface area contributed by atoms with E-state index in [9.17, 15) is 18.0 Å². The summed E-state index contributed by atoms with van der Waals surface area (Å²) in [5, 5.41) is 2.75. The van der Waals surface area contributed by atoms with Gasteiger partial charge in [0.25, 0.3) is 5.91 Å². The van der Waals surface area contributed by atoms with Gasteiger partial charge in [0, 0.05) is 50.0 Å². The minimum atomic E-state index is -3.70. The first-order chi connectivity index (χ1) is 15.7. The molecule has 0 aromatic heterocycles. The summed E-state index contributed by atoms with van der Waals surface area (Å²) in [6, 6.07) is 12.9. The van der Waals surface area contributed by atoms with E-state index in [1.807, 2.05) is 7.05 Å². The van der Waals surface area contributed by atoms with E-state index in [1.54, 1.807) is 43.3 Å². The van der Waals surface area contributed by atoms with Gasteiger partial charge in [0.2, 0.25) is 15.9 Å². The van der Waals surface area contributed by atoms with Crippen molar-refractivity contribution in [2.75, 3.05) is 58.7 Å². The zero-order valence-electron chi connectivity index (χ0n) is 19.2. The molecule has 2 amide bonds. The lowest BCUT2D eigenvalue weighted by Gasteiger charge is -2.31. The van der Waals surface area contributed by atoms with Gasteiger partial charge in [-0.3, -0.25) is 9.59 Å².